The predicted octanol–water partition coefficient (Wildman–Crippen LogP) is 2.03. The van der Waals surface area contributed by atoms with E-state index in [0.29, 0.717) is 26.2 Å². The van der Waals surface area contributed by atoms with Crippen LogP contribution in [0, 0.1) is 0 Å². The standard InChI is InChI=1S/C18H24N2O4/c1-17(2,3)24-16(22)20-12-18(13-20)11-19(15(21)10-23-18)9-14-7-5-4-6-8-14/h4-8H,9-13H2,1-3H3. The Hall–Kier alpha value is -2.08. The Morgan fingerprint density at radius 1 is 1.21 bits per heavy atom. The molecule has 0 unspecified atom stereocenters. The molecule has 1 aromatic carbocycles. The largest absolute Gasteiger partial charge is 0.444 e. The third-order valence-corrected chi connectivity index (χ3v) is 4.16. The Morgan fingerprint density at radius 3 is 2.50 bits per heavy atom. The molecule has 0 atom stereocenters. The predicted molar refractivity (Wildman–Crippen MR) is 88.3 cm³/mol. The fourth-order valence-electron chi connectivity index (χ4n) is 3.03. The van der Waals surface area contributed by atoms with Crippen molar-refractivity contribution in [2.45, 2.75) is 38.5 Å². The van der Waals surface area contributed by atoms with Crippen molar-refractivity contribution >= 4 is 12.0 Å². The number of rotatable bonds is 2. The Kier molecular flexibility index (Phi) is 4.25. The minimum atomic E-state index is -0.511. The van der Waals surface area contributed by atoms with Crippen LogP contribution in [0.1, 0.15) is 26.3 Å². The number of benzene rings is 1. The lowest BCUT2D eigenvalue weighted by atomic mass is 9.92. The molecule has 24 heavy (non-hydrogen) atoms. The zero-order valence-corrected chi connectivity index (χ0v) is 14.4. The van der Waals surface area contributed by atoms with Gasteiger partial charge < -0.3 is 19.3 Å². The van der Waals surface area contributed by atoms with E-state index in [-0.39, 0.29) is 18.6 Å². The summed E-state index contributed by atoms with van der Waals surface area (Å²) >= 11 is 0. The van der Waals surface area contributed by atoms with E-state index in [1.807, 2.05) is 56.0 Å². The molecular formula is C18H24N2O4. The van der Waals surface area contributed by atoms with Crippen LogP contribution in [0.3, 0.4) is 0 Å². The third kappa shape index (κ3) is 3.70. The number of morpholine rings is 1. The SMILES string of the molecule is CC(C)(C)OC(=O)N1CC2(CN(Cc3ccccc3)C(=O)CO2)C1. The van der Waals surface area contributed by atoms with Crippen molar-refractivity contribution in [3.63, 3.8) is 0 Å². The van der Waals surface area contributed by atoms with Crippen molar-refractivity contribution in [2.75, 3.05) is 26.2 Å². The smallest absolute Gasteiger partial charge is 0.410 e. The normalized spacial score (nSPS) is 20.0. The lowest BCUT2D eigenvalue weighted by Gasteiger charge is -2.53. The summed E-state index contributed by atoms with van der Waals surface area (Å²) in [5, 5.41) is 0. The maximum Gasteiger partial charge on any atom is 0.410 e. The van der Waals surface area contributed by atoms with Gasteiger partial charge in [0.2, 0.25) is 5.91 Å². The van der Waals surface area contributed by atoms with Gasteiger partial charge in [-0.05, 0) is 26.3 Å². The summed E-state index contributed by atoms with van der Waals surface area (Å²) < 4.78 is 11.1. The Bertz CT molecular complexity index is 618. The highest BCUT2D eigenvalue weighted by Crippen LogP contribution is 2.31. The monoisotopic (exact) mass is 332 g/mol. The van der Waals surface area contributed by atoms with E-state index >= 15 is 0 Å². The van der Waals surface area contributed by atoms with E-state index in [1.165, 1.54) is 0 Å². The van der Waals surface area contributed by atoms with Gasteiger partial charge in [0, 0.05) is 6.54 Å². The molecule has 2 aliphatic rings. The van der Waals surface area contributed by atoms with Crippen LogP contribution in [-0.4, -0.2) is 59.2 Å². The quantitative estimate of drug-likeness (QED) is 0.831. The zero-order chi connectivity index (χ0) is 17.4. The molecule has 6 heteroatoms. The van der Waals surface area contributed by atoms with Gasteiger partial charge in [0.1, 0.15) is 17.8 Å². The average molecular weight is 332 g/mol. The van der Waals surface area contributed by atoms with Gasteiger partial charge in [-0.1, -0.05) is 30.3 Å². The summed E-state index contributed by atoms with van der Waals surface area (Å²) in [4.78, 5) is 27.6. The van der Waals surface area contributed by atoms with E-state index in [2.05, 4.69) is 0 Å². The van der Waals surface area contributed by atoms with Crippen LogP contribution in [0.2, 0.25) is 0 Å². The molecule has 0 aromatic heterocycles. The van der Waals surface area contributed by atoms with Crippen molar-refractivity contribution in [3.05, 3.63) is 35.9 Å². The number of carbonyl (C=O) groups excluding carboxylic acids is 2. The molecule has 2 saturated heterocycles. The van der Waals surface area contributed by atoms with Crippen LogP contribution in [0.15, 0.2) is 30.3 Å². The van der Waals surface area contributed by atoms with Gasteiger partial charge in [-0.2, -0.15) is 0 Å². The van der Waals surface area contributed by atoms with Crippen molar-refractivity contribution in [2.24, 2.45) is 0 Å². The highest BCUT2D eigenvalue weighted by Gasteiger charge is 2.51. The molecule has 0 bridgehead atoms. The number of ether oxygens (including phenoxy) is 2. The third-order valence-electron chi connectivity index (χ3n) is 4.16. The molecule has 2 heterocycles. The fourth-order valence-corrected chi connectivity index (χ4v) is 3.03. The number of likely N-dealkylation sites (tertiary alicyclic amines) is 1. The van der Waals surface area contributed by atoms with Crippen LogP contribution in [0.25, 0.3) is 0 Å². The zero-order valence-electron chi connectivity index (χ0n) is 14.4. The molecule has 0 aliphatic carbocycles. The first-order valence-corrected chi connectivity index (χ1v) is 8.20. The molecule has 2 aliphatic heterocycles. The summed E-state index contributed by atoms with van der Waals surface area (Å²) in [5.74, 6) is -0.0137. The van der Waals surface area contributed by atoms with Crippen molar-refractivity contribution in [1.29, 1.82) is 0 Å². The minimum absolute atomic E-state index is 0.0137. The van der Waals surface area contributed by atoms with Gasteiger partial charge in [0.05, 0.1) is 19.6 Å². The molecule has 1 spiro atoms. The topological polar surface area (TPSA) is 59.1 Å². The van der Waals surface area contributed by atoms with E-state index in [0.717, 1.165) is 5.56 Å². The Morgan fingerprint density at radius 2 is 1.88 bits per heavy atom. The van der Waals surface area contributed by atoms with Gasteiger partial charge in [-0.15, -0.1) is 0 Å². The minimum Gasteiger partial charge on any atom is -0.444 e. The molecule has 0 saturated carbocycles. The summed E-state index contributed by atoms with van der Waals surface area (Å²) in [5.41, 5.74) is 0.119. The van der Waals surface area contributed by atoms with Gasteiger partial charge in [-0.25, -0.2) is 4.79 Å². The summed E-state index contributed by atoms with van der Waals surface area (Å²) in [6.45, 7) is 7.58. The second-order valence-electron chi connectivity index (χ2n) is 7.54. The summed E-state index contributed by atoms with van der Waals surface area (Å²) in [7, 11) is 0. The number of amides is 2. The van der Waals surface area contributed by atoms with Gasteiger partial charge in [-0.3, -0.25) is 4.79 Å². The van der Waals surface area contributed by atoms with E-state index in [4.69, 9.17) is 9.47 Å². The molecule has 2 amide bonds. The first-order chi connectivity index (χ1) is 11.3. The Balaban J connectivity index is 1.59. The maximum absolute atomic E-state index is 12.1. The second-order valence-corrected chi connectivity index (χ2v) is 7.54. The molecule has 1 aromatic rings. The van der Waals surface area contributed by atoms with Crippen molar-refractivity contribution in [1.82, 2.24) is 9.80 Å². The highest BCUT2D eigenvalue weighted by atomic mass is 16.6. The van der Waals surface area contributed by atoms with Gasteiger partial charge in [0.25, 0.3) is 0 Å². The molecule has 6 nitrogen and oxygen atoms in total. The number of nitrogens with zero attached hydrogens (tertiary/aromatic N) is 2. The summed E-state index contributed by atoms with van der Waals surface area (Å²) in [6, 6.07) is 9.89. The van der Waals surface area contributed by atoms with Crippen LogP contribution >= 0.6 is 0 Å². The first-order valence-electron chi connectivity index (χ1n) is 8.20. The highest BCUT2D eigenvalue weighted by molar-refractivity contribution is 5.78. The number of hydrogen-bond acceptors (Lipinski definition) is 4. The van der Waals surface area contributed by atoms with Crippen LogP contribution in [0.5, 0.6) is 0 Å². The van der Waals surface area contributed by atoms with Crippen LogP contribution < -0.4 is 0 Å². The molecule has 2 fully saturated rings. The van der Waals surface area contributed by atoms with Crippen LogP contribution in [0.4, 0.5) is 4.79 Å². The number of carbonyl (C=O) groups is 2. The average Bonchev–Trinajstić information content (AvgIpc) is 2.46. The Labute approximate surface area is 142 Å². The van der Waals surface area contributed by atoms with Gasteiger partial charge in [0.15, 0.2) is 0 Å². The lowest BCUT2D eigenvalue weighted by molar-refractivity contribution is -0.191. The summed E-state index contributed by atoms with van der Waals surface area (Å²) in [6.07, 6.45) is -0.330. The van der Waals surface area contributed by atoms with Crippen LogP contribution in [-0.2, 0) is 20.8 Å². The second kappa shape index (κ2) is 6.09. The molecule has 3 rings (SSSR count). The maximum atomic E-state index is 12.1. The van der Waals surface area contributed by atoms with Gasteiger partial charge >= 0.3 is 6.09 Å². The molecule has 130 valence electrons. The number of hydrogen-bond donors (Lipinski definition) is 0. The molecule has 0 radical (unpaired) electrons. The van der Waals surface area contributed by atoms with Crippen molar-refractivity contribution in [3.8, 4) is 0 Å². The van der Waals surface area contributed by atoms with Crippen molar-refractivity contribution < 1.29 is 19.1 Å². The molecule has 0 N–H and O–H groups in total. The molecular weight excluding hydrogens is 308 g/mol. The van der Waals surface area contributed by atoms with E-state index < -0.39 is 11.2 Å². The lowest BCUT2D eigenvalue weighted by Crippen LogP contribution is -2.72. The van der Waals surface area contributed by atoms with E-state index in [9.17, 15) is 9.59 Å². The fraction of sp³-hybridized carbons (Fsp3) is 0.556. The van der Waals surface area contributed by atoms with E-state index in [1.54, 1.807) is 4.90 Å². The first kappa shape index (κ1) is 16.8.